The molecule has 0 aliphatic heterocycles. The van der Waals surface area contributed by atoms with Crippen LogP contribution in [-0.4, -0.2) is 17.3 Å². The van der Waals surface area contributed by atoms with E-state index in [1.165, 1.54) is 0 Å². The van der Waals surface area contributed by atoms with Crippen molar-refractivity contribution in [2.24, 2.45) is 0 Å². The summed E-state index contributed by atoms with van der Waals surface area (Å²) in [6, 6.07) is 0. The van der Waals surface area contributed by atoms with Gasteiger partial charge in [0.25, 0.3) is 0 Å². The van der Waals surface area contributed by atoms with Gasteiger partial charge in [-0.3, -0.25) is 14.9 Å². The Bertz CT molecular complexity index is 259. The molecule has 12 heavy (non-hydrogen) atoms. The summed E-state index contributed by atoms with van der Waals surface area (Å²) in [6.45, 7) is -0.177. The van der Waals surface area contributed by atoms with E-state index in [1.54, 1.807) is 0 Å². The van der Waals surface area contributed by atoms with E-state index in [4.69, 9.17) is 0 Å². The zero-order chi connectivity index (χ0) is 9.14. The first kappa shape index (κ1) is 9.63. The van der Waals surface area contributed by atoms with Crippen molar-refractivity contribution in [3.63, 3.8) is 0 Å². The summed E-state index contributed by atoms with van der Waals surface area (Å²) in [5, 5.41) is 10.2. The van der Waals surface area contributed by atoms with Gasteiger partial charge in [-0.05, 0) is 35.4 Å². The van der Waals surface area contributed by atoms with Crippen molar-refractivity contribution in [1.82, 2.24) is 0 Å². The van der Waals surface area contributed by atoms with Crippen molar-refractivity contribution < 1.29 is 9.72 Å². The molecule has 0 aromatic carbocycles. The van der Waals surface area contributed by atoms with Gasteiger partial charge in [0.15, 0.2) is 5.78 Å². The van der Waals surface area contributed by atoms with E-state index in [1.807, 2.05) is 22.6 Å². The van der Waals surface area contributed by atoms with Crippen molar-refractivity contribution >= 4 is 28.4 Å². The van der Waals surface area contributed by atoms with Gasteiger partial charge in [0.2, 0.25) is 6.54 Å². The molecule has 0 amide bonds. The Labute approximate surface area is 83.3 Å². The lowest BCUT2D eigenvalue weighted by molar-refractivity contribution is -0.471. The lowest BCUT2D eigenvalue weighted by atomic mass is 9.99. The average molecular weight is 281 g/mol. The van der Waals surface area contributed by atoms with Crippen molar-refractivity contribution in [3.8, 4) is 0 Å². The largest absolute Gasteiger partial charge is 0.294 e. The smallest absolute Gasteiger partial charge is 0.226 e. The third kappa shape index (κ3) is 2.26. The molecular formula is C7H8INO3. The summed E-state index contributed by atoms with van der Waals surface area (Å²) >= 11 is 1.90. The first-order chi connectivity index (χ1) is 5.61. The minimum Gasteiger partial charge on any atom is -0.294 e. The standard InChI is InChI=1S/C7H8INO3/c8-7-5(4-9(11)12)2-1-3-6(7)10/h1-4H2. The van der Waals surface area contributed by atoms with Crippen molar-refractivity contribution in [2.75, 3.05) is 6.54 Å². The van der Waals surface area contributed by atoms with Crippen LogP contribution in [0.2, 0.25) is 0 Å². The maximum absolute atomic E-state index is 11.1. The molecule has 0 aromatic rings. The third-order valence-corrected chi connectivity index (χ3v) is 3.12. The number of ketones is 1. The molecule has 0 N–H and O–H groups in total. The second-order valence-corrected chi connectivity index (χ2v) is 3.76. The van der Waals surface area contributed by atoms with Crippen molar-refractivity contribution in [1.29, 1.82) is 0 Å². The Kier molecular flexibility index (Phi) is 3.19. The molecule has 0 atom stereocenters. The van der Waals surface area contributed by atoms with Gasteiger partial charge in [-0.1, -0.05) is 0 Å². The molecule has 1 aliphatic rings. The van der Waals surface area contributed by atoms with Gasteiger partial charge in [-0.2, -0.15) is 0 Å². The lowest BCUT2D eigenvalue weighted by Gasteiger charge is -2.11. The number of halogens is 1. The highest BCUT2D eigenvalue weighted by atomic mass is 127. The Morgan fingerprint density at radius 3 is 2.75 bits per heavy atom. The monoisotopic (exact) mass is 281 g/mol. The zero-order valence-corrected chi connectivity index (χ0v) is 8.54. The summed E-state index contributed by atoms with van der Waals surface area (Å²) in [5.74, 6) is 0.0544. The molecule has 1 rings (SSSR count). The fourth-order valence-electron chi connectivity index (χ4n) is 1.18. The van der Waals surface area contributed by atoms with Gasteiger partial charge in [-0.15, -0.1) is 0 Å². The first-order valence-corrected chi connectivity index (χ1v) is 4.71. The van der Waals surface area contributed by atoms with E-state index in [2.05, 4.69) is 0 Å². The fourth-order valence-corrected chi connectivity index (χ4v) is 1.89. The Morgan fingerprint density at radius 2 is 2.17 bits per heavy atom. The lowest BCUT2D eigenvalue weighted by Crippen LogP contribution is -2.13. The van der Waals surface area contributed by atoms with Crippen LogP contribution in [0.1, 0.15) is 19.3 Å². The van der Waals surface area contributed by atoms with E-state index in [9.17, 15) is 14.9 Å². The maximum Gasteiger partial charge on any atom is 0.226 e. The van der Waals surface area contributed by atoms with Gasteiger partial charge < -0.3 is 0 Å². The molecule has 0 heterocycles. The van der Waals surface area contributed by atoms with E-state index < -0.39 is 0 Å². The summed E-state index contributed by atoms with van der Waals surface area (Å²) < 4.78 is 0.579. The normalized spacial score (nSPS) is 18.2. The van der Waals surface area contributed by atoms with Gasteiger partial charge in [0.1, 0.15) is 0 Å². The molecule has 0 unspecified atom stereocenters. The molecule has 66 valence electrons. The van der Waals surface area contributed by atoms with Crippen LogP contribution < -0.4 is 0 Å². The molecule has 0 saturated carbocycles. The number of allylic oxidation sites excluding steroid dienone is 1. The van der Waals surface area contributed by atoms with Gasteiger partial charge >= 0.3 is 0 Å². The highest BCUT2D eigenvalue weighted by Crippen LogP contribution is 2.26. The van der Waals surface area contributed by atoms with E-state index in [0.717, 1.165) is 6.42 Å². The highest BCUT2D eigenvalue weighted by molar-refractivity contribution is 14.1. The van der Waals surface area contributed by atoms with Crippen molar-refractivity contribution in [2.45, 2.75) is 19.3 Å². The Balaban J connectivity index is 2.78. The topological polar surface area (TPSA) is 60.2 Å². The summed E-state index contributed by atoms with van der Waals surface area (Å²) in [7, 11) is 0. The minimum atomic E-state index is -0.382. The predicted octanol–water partition coefficient (Wildman–Crippen LogP) is 1.71. The predicted molar refractivity (Wildman–Crippen MR) is 51.8 cm³/mol. The zero-order valence-electron chi connectivity index (χ0n) is 6.38. The van der Waals surface area contributed by atoms with Crippen LogP contribution in [0.15, 0.2) is 9.15 Å². The van der Waals surface area contributed by atoms with Crippen LogP contribution >= 0.6 is 22.6 Å². The number of Topliss-reactive ketones (excluding diaryl/α,β-unsaturated/α-hetero) is 1. The van der Waals surface area contributed by atoms with Gasteiger partial charge in [0.05, 0.1) is 3.58 Å². The second-order valence-electron chi connectivity index (χ2n) is 2.69. The molecule has 0 radical (unpaired) electrons. The van der Waals surface area contributed by atoms with Gasteiger partial charge in [0, 0.05) is 16.9 Å². The van der Waals surface area contributed by atoms with E-state index >= 15 is 0 Å². The number of carbonyl (C=O) groups excluding carboxylic acids is 1. The number of hydrogen-bond donors (Lipinski definition) is 0. The van der Waals surface area contributed by atoms with Crippen LogP contribution in [0.5, 0.6) is 0 Å². The molecule has 0 saturated heterocycles. The van der Waals surface area contributed by atoms with Gasteiger partial charge in [-0.25, -0.2) is 0 Å². The molecule has 1 aliphatic carbocycles. The molecule has 0 bridgehead atoms. The maximum atomic E-state index is 11.1. The second kappa shape index (κ2) is 3.97. The Hall–Kier alpha value is -0.460. The van der Waals surface area contributed by atoms with E-state index in [0.29, 0.717) is 22.0 Å². The van der Waals surface area contributed by atoms with Crippen molar-refractivity contribution in [3.05, 3.63) is 19.3 Å². The summed E-state index contributed by atoms with van der Waals surface area (Å²) in [5.41, 5.74) is 0.692. The molecule has 0 spiro atoms. The van der Waals surface area contributed by atoms with Crippen LogP contribution in [0.4, 0.5) is 0 Å². The molecule has 4 nitrogen and oxygen atoms in total. The highest BCUT2D eigenvalue weighted by Gasteiger charge is 2.20. The first-order valence-electron chi connectivity index (χ1n) is 3.64. The number of rotatable bonds is 2. The molecular weight excluding hydrogens is 273 g/mol. The number of carbonyl (C=O) groups is 1. The average Bonchev–Trinajstić information content (AvgIpc) is 1.98. The van der Waals surface area contributed by atoms with Crippen LogP contribution in [0.25, 0.3) is 0 Å². The minimum absolute atomic E-state index is 0.0544. The number of hydrogen-bond acceptors (Lipinski definition) is 3. The quantitative estimate of drug-likeness (QED) is 0.440. The summed E-state index contributed by atoms with van der Waals surface area (Å²) in [6.07, 6.45) is 2.00. The Morgan fingerprint density at radius 1 is 1.50 bits per heavy atom. The molecule has 0 aromatic heterocycles. The number of nitro groups is 1. The molecule has 0 fully saturated rings. The van der Waals surface area contributed by atoms with Crippen LogP contribution in [0.3, 0.4) is 0 Å². The molecule has 5 heteroatoms. The SMILES string of the molecule is O=C1CCCC(C[N+](=O)[O-])=C1I. The fraction of sp³-hybridized carbons (Fsp3) is 0.571. The summed E-state index contributed by atoms with van der Waals surface area (Å²) in [4.78, 5) is 20.9. The number of nitrogens with zero attached hydrogens (tertiary/aromatic N) is 1. The van der Waals surface area contributed by atoms with E-state index in [-0.39, 0.29) is 17.3 Å². The van der Waals surface area contributed by atoms with Crippen LogP contribution in [0, 0.1) is 10.1 Å². The third-order valence-electron chi connectivity index (χ3n) is 1.76. The van der Waals surface area contributed by atoms with Crippen LogP contribution in [-0.2, 0) is 4.79 Å².